The molecule has 0 aliphatic carbocycles. The van der Waals surface area contributed by atoms with E-state index in [9.17, 15) is 0 Å². The van der Waals surface area contributed by atoms with Crippen molar-refractivity contribution in [1.29, 1.82) is 0 Å². The number of morpholine rings is 1. The van der Waals surface area contributed by atoms with Crippen LogP contribution in [0.2, 0.25) is 0 Å². The fraction of sp³-hybridized carbons (Fsp3) is 0.571. The fourth-order valence-corrected chi connectivity index (χ4v) is 2.42. The maximum atomic E-state index is 5.85. The van der Waals surface area contributed by atoms with E-state index < -0.39 is 0 Å². The number of thiol groups is 1. The molecule has 94 valence electrons. The lowest BCUT2D eigenvalue weighted by Crippen LogP contribution is -2.40. The summed E-state index contributed by atoms with van der Waals surface area (Å²) >= 11 is 4.31. The molecule has 17 heavy (non-hydrogen) atoms. The maximum absolute atomic E-state index is 5.85. The Bertz CT molecular complexity index is 350. The van der Waals surface area contributed by atoms with Crippen LogP contribution in [-0.2, 0) is 4.74 Å². The molecule has 0 aromatic heterocycles. The van der Waals surface area contributed by atoms with Crippen molar-refractivity contribution in [3.05, 3.63) is 29.8 Å². The molecule has 1 aromatic rings. The summed E-state index contributed by atoms with van der Waals surface area (Å²) in [7, 11) is 0. The molecule has 1 aliphatic rings. The first-order chi connectivity index (χ1) is 8.15. The van der Waals surface area contributed by atoms with E-state index >= 15 is 0 Å². The van der Waals surface area contributed by atoms with E-state index in [1.807, 2.05) is 12.1 Å². The molecule has 0 amide bonds. The Morgan fingerprint density at radius 1 is 1.35 bits per heavy atom. The summed E-state index contributed by atoms with van der Waals surface area (Å²) in [6.07, 6.45) is 0.219. The highest BCUT2D eigenvalue weighted by Crippen LogP contribution is 2.23. The lowest BCUT2D eigenvalue weighted by atomic mass is 10.1. The monoisotopic (exact) mass is 251 g/mol. The van der Waals surface area contributed by atoms with E-state index in [1.165, 1.54) is 5.56 Å². The molecule has 0 bridgehead atoms. The second-order valence-corrected chi connectivity index (χ2v) is 5.62. The zero-order chi connectivity index (χ0) is 12.3. The quantitative estimate of drug-likeness (QED) is 0.829. The highest BCUT2D eigenvalue weighted by Gasteiger charge is 2.22. The van der Waals surface area contributed by atoms with Crippen LogP contribution in [0.3, 0.4) is 0 Å². The van der Waals surface area contributed by atoms with Gasteiger partial charge < -0.3 is 4.74 Å². The van der Waals surface area contributed by atoms with Gasteiger partial charge in [0.15, 0.2) is 0 Å². The van der Waals surface area contributed by atoms with Crippen LogP contribution in [0.15, 0.2) is 29.2 Å². The van der Waals surface area contributed by atoms with Gasteiger partial charge in [0.05, 0.1) is 12.7 Å². The van der Waals surface area contributed by atoms with Crippen LogP contribution in [-0.4, -0.2) is 31.1 Å². The van der Waals surface area contributed by atoms with Crippen LogP contribution in [0.5, 0.6) is 0 Å². The van der Waals surface area contributed by atoms with Gasteiger partial charge in [0.25, 0.3) is 0 Å². The Morgan fingerprint density at radius 2 is 2.06 bits per heavy atom. The molecule has 2 nitrogen and oxygen atoms in total. The van der Waals surface area contributed by atoms with Crippen molar-refractivity contribution in [3.63, 3.8) is 0 Å². The van der Waals surface area contributed by atoms with Crippen LogP contribution in [0, 0.1) is 5.92 Å². The van der Waals surface area contributed by atoms with Crippen molar-refractivity contribution in [3.8, 4) is 0 Å². The lowest BCUT2D eigenvalue weighted by molar-refractivity contribution is -0.0332. The Hall–Kier alpha value is -0.510. The van der Waals surface area contributed by atoms with Gasteiger partial charge in [-0.15, -0.1) is 12.6 Å². The summed E-state index contributed by atoms with van der Waals surface area (Å²) in [6, 6.07) is 8.30. The molecule has 1 unspecified atom stereocenters. The molecular weight excluding hydrogens is 230 g/mol. The number of nitrogens with zero attached hydrogens (tertiary/aromatic N) is 1. The fourth-order valence-electron chi connectivity index (χ4n) is 2.28. The van der Waals surface area contributed by atoms with Gasteiger partial charge >= 0.3 is 0 Å². The third-order valence-corrected chi connectivity index (χ3v) is 3.34. The number of ether oxygens (including phenoxy) is 1. The Labute approximate surface area is 109 Å². The highest BCUT2D eigenvalue weighted by molar-refractivity contribution is 7.80. The van der Waals surface area contributed by atoms with Crippen molar-refractivity contribution < 1.29 is 4.74 Å². The predicted octanol–water partition coefficient (Wildman–Crippen LogP) is 3.00. The molecule has 1 aromatic carbocycles. The van der Waals surface area contributed by atoms with Crippen molar-refractivity contribution >= 4 is 12.6 Å². The van der Waals surface area contributed by atoms with E-state index in [-0.39, 0.29) is 6.10 Å². The van der Waals surface area contributed by atoms with Gasteiger partial charge in [-0.3, -0.25) is 4.90 Å². The first kappa shape index (κ1) is 12.9. The van der Waals surface area contributed by atoms with E-state index in [2.05, 4.69) is 43.5 Å². The smallest absolute Gasteiger partial charge is 0.0952 e. The van der Waals surface area contributed by atoms with Gasteiger partial charge in [0, 0.05) is 24.5 Å². The van der Waals surface area contributed by atoms with Crippen LogP contribution in [0.4, 0.5) is 0 Å². The molecule has 1 fully saturated rings. The number of hydrogen-bond donors (Lipinski definition) is 1. The molecule has 0 saturated carbocycles. The third kappa shape index (κ3) is 3.73. The van der Waals surface area contributed by atoms with E-state index in [4.69, 9.17) is 4.74 Å². The Balaban J connectivity index is 1.99. The molecule has 3 heteroatoms. The van der Waals surface area contributed by atoms with Gasteiger partial charge in [-0.2, -0.15) is 0 Å². The van der Waals surface area contributed by atoms with Crippen LogP contribution < -0.4 is 0 Å². The Kier molecular flexibility index (Phi) is 4.48. The van der Waals surface area contributed by atoms with Gasteiger partial charge in [0.2, 0.25) is 0 Å². The molecule has 1 saturated heterocycles. The summed E-state index contributed by atoms with van der Waals surface area (Å²) in [4.78, 5) is 3.50. The number of hydrogen-bond acceptors (Lipinski definition) is 3. The number of rotatable bonds is 3. The van der Waals surface area contributed by atoms with Gasteiger partial charge in [-0.05, 0) is 23.6 Å². The Morgan fingerprint density at radius 3 is 2.71 bits per heavy atom. The SMILES string of the molecule is CC(C)CN1CCOC(c2ccc(S)cc2)C1. The van der Waals surface area contributed by atoms with E-state index in [1.54, 1.807) is 0 Å². The van der Waals surface area contributed by atoms with Gasteiger partial charge in [-0.1, -0.05) is 26.0 Å². The predicted molar refractivity (Wildman–Crippen MR) is 73.7 cm³/mol. The molecule has 0 spiro atoms. The largest absolute Gasteiger partial charge is 0.371 e. The van der Waals surface area contributed by atoms with Crippen LogP contribution >= 0.6 is 12.6 Å². The summed E-state index contributed by atoms with van der Waals surface area (Å²) in [6.45, 7) is 8.58. The van der Waals surface area contributed by atoms with Crippen LogP contribution in [0.1, 0.15) is 25.5 Å². The number of benzene rings is 1. The normalized spacial score (nSPS) is 22.0. The minimum absolute atomic E-state index is 0.219. The third-order valence-electron chi connectivity index (χ3n) is 3.04. The molecule has 1 heterocycles. The molecule has 2 rings (SSSR count). The summed E-state index contributed by atoms with van der Waals surface area (Å²) < 4.78 is 5.85. The maximum Gasteiger partial charge on any atom is 0.0952 e. The topological polar surface area (TPSA) is 12.5 Å². The first-order valence-corrected chi connectivity index (χ1v) is 6.73. The summed E-state index contributed by atoms with van der Waals surface area (Å²) in [5.74, 6) is 0.716. The summed E-state index contributed by atoms with van der Waals surface area (Å²) in [5, 5.41) is 0. The van der Waals surface area contributed by atoms with Gasteiger partial charge in [0.1, 0.15) is 0 Å². The molecule has 0 radical (unpaired) electrons. The molecule has 1 aliphatic heterocycles. The minimum Gasteiger partial charge on any atom is -0.371 e. The molecule has 1 atom stereocenters. The zero-order valence-electron chi connectivity index (χ0n) is 10.6. The average Bonchev–Trinajstić information content (AvgIpc) is 2.29. The van der Waals surface area contributed by atoms with Crippen LogP contribution in [0.25, 0.3) is 0 Å². The first-order valence-electron chi connectivity index (χ1n) is 6.28. The van der Waals surface area contributed by atoms with Crippen molar-refractivity contribution in [2.75, 3.05) is 26.2 Å². The zero-order valence-corrected chi connectivity index (χ0v) is 11.5. The molecular formula is C14H21NOS. The standard InChI is InChI=1S/C14H21NOS/c1-11(2)9-15-7-8-16-14(10-15)12-3-5-13(17)6-4-12/h3-6,11,14,17H,7-10H2,1-2H3. The lowest BCUT2D eigenvalue weighted by Gasteiger charge is -2.34. The second kappa shape index (κ2) is 5.89. The van der Waals surface area contributed by atoms with E-state index in [0.29, 0.717) is 5.92 Å². The van der Waals surface area contributed by atoms with Crippen molar-refractivity contribution in [2.24, 2.45) is 5.92 Å². The van der Waals surface area contributed by atoms with Gasteiger partial charge in [-0.25, -0.2) is 0 Å². The van der Waals surface area contributed by atoms with Crippen molar-refractivity contribution in [2.45, 2.75) is 24.8 Å². The highest BCUT2D eigenvalue weighted by atomic mass is 32.1. The summed E-state index contributed by atoms with van der Waals surface area (Å²) in [5.41, 5.74) is 1.26. The average molecular weight is 251 g/mol. The van der Waals surface area contributed by atoms with E-state index in [0.717, 1.165) is 31.1 Å². The second-order valence-electron chi connectivity index (χ2n) is 5.10. The van der Waals surface area contributed by atoms with Crippen molar-refractivity contribution in [1.82, 2.24) is 4.90 Å². The molecule has 0 N–H and O–H groups in total. The minimum atomic E-state index is 0.219.